The Bertz CT molecular complexity index is 356. The van der Waals surface area contributed by atoms with Crippen LogP contribution in [0.5, 0.6) is 0 Å². The van der Waals surface area contributed by atoms with Crippen molar-refractivity contribution in [1.82, 2.24) is 0 Å². The van der Waals surface area contributed by atoms with Crippen molar-refractivity contribution in [2.24, 2.45) is 16.5 Å². The number of nitrogens with zero attached hydrogens (tertiary/aromatic N) is 1. The molecule has 0 radical (unpaired) electrons. The minimum absolute atomic E-state index is 0.0607. The minimum Gasteiger partial charge on any atom is -0.387 e. The third-order valence-electron chi connectivity index (χ3n) is 4.68. The SMILES string of the molecule is C=C1CCC2[C@@H](O)C3(N=O)OC3C[C@]12C. The second kappa shape index (κ2) is 2.50. The first-order valence-electron chi connectivity index (χ1n) is 5.43. The highest BCUT2D eigenvalue weighted by Gasteiger charge is 2.73. The van der Waals surface area contributed by atoms with Gasteiger partial charge in [0.2, 0.25) is 0 Å². The molecule has 2 aliphatic carbocycles. The van der Waals surface area contributed by atoms with E-state index in [1.54, 1.807) is 0 Å². The van der Waals surface area contributed by atoms with Crippen LogP contribution >= 0.6 is 0 Å². The van der Waals surface area contributed by atoms with Crippen LogP contribution in [0.3, 0.4) is 0 Å². The molecule has 1 N–H and O–H groups in total. The van der Waals surface area contributed by atoms with Gasteiger partial charge in [0.15, 0.2) is 0 Å². The number of rotatable bonds is 1. The average molecular weight is 209 g/mol. The van der Waals surface area contributed by atoms with E-state index in [1.807, 2.05) is 0 Å². The maximum Gasteiger partial charge on any atom is 0.253 e. The van der Waals surface area contributed by atoms with Crippen LogP contribution in [0.1, 0.15) is 26.2 Å². The molecule has 1 aliphatic heterocycles. The van der Waals surface area contributed by atoms with E-state index in [0.717, 1.165) is 19.3 Å². The van der Waals surface area contributed by atoms with Crippen molar-refractivity contribution in [3.8, 4) is 0 Å². The van der Waals surface area contributed by atoms with E-state index in [1.165, 1.54) is 5.57 Å². The number of hydrogen-bond acceptors (Lipinski definition) is 4. The Labute approximate surface area is 88.3 Å². The minimum atomic E-state index is -1.12. The van der Waals surface area contributed by atoms with Crippen molar-refractivity contribution in [3.05, 3.63) is 17.1 Å². The van der Waals surface area contributed by atoms with E-state index in [4.69, 9.17) is 4.74 Å². The van der Waals surface area contributed by atoms with E-state index in [9.17, 15) is 10.0 Å². The largest absolute Gasteiger partial charge is 0.387 e. The lowest BCUT2D eigenvalue weighted by Gasteiger charge is -2.39. The third-order valence-corrected chi connectivity index (χ3v) is 4.68. The predicted octanol–water partition coefficient (Wildman–Crippen LogP) is 1.58. The van der Waals surface area contributed by atoms with Gasteiger partial charge < -0.3 is 9.84 Å². The van der Waals surface area contributed by atoms with Gasteiger partial charge in [-0.15, -0.1) is 4.91 Å². The van der Waals surface area contributed by atoms with Crippen molar-refractivity contribution in [1.29, 1.82) is 0 Å². The van der Waals surface area contributed by atoms with Crippen molar-refractivity contribution in [2.75, 3.05) is 0 Å². The number of allylic oxidation sites excluding steroid dienone is 1. The van der Waals surface area contributed by atoms with Crippen LogP contribution in [-0.4, -0.2) is 23.0 Å². The summed E-state index contributed by atoms with van der Waals surface area (Å²) in [6.45, 7) is 6.19. The predicted molar refractivity (Wildman–Crippen MR) is 54.0 cm³/mol. The third kappa shape index (κ3) is 0.898. The highest BCUT2D eigenvalue weighted by atomic mass is 16.7. The highest BCUT2D eigenvalue weighted by molar-refractivity contribution is 5.27. The van der Waals surface area contributed by atoms with Gasteiger partial charge in [-0.25, -0.2) is 0 Å². The molecule has 1 saturated heterocycles. The average Bonchev–Trinajstić information content (AvgIpc) is 2.84. The molecule has 15 heavy (non-hydrogen) atoms. The van der Waals surface area contributed by atoms with E-state index in [2.05, 4.69) is 18.7 Å². The van der Waals surface area contributed by atoms with Crippen LogP contribution in [0.15, 0.2) is 17.3 Å². The number of nitroso groups, excluding NO2 is 1. The smallest absolute Gasteiger partial charge is 0.253 e. The molecule has 4 nitrogen and oxygen atoms in total. The van der Waals surface area contributed by atoms with Gasteiger partial charge >= 0.3 is 0 Å². The Morgan fingerprint density at radius 2 is 2.40 bits per heavy atom. The summed E-state index contributed by atoms with van der Waals surface area (Å²) < 4.78 is 5.31. The zero-order valence-corrected chi connectivity index (χ0v) is 8.77. The fourth-order valence-electron chi connectivity index (χ4n) is 3.45. The molecule has 2 saturated carbocycles. The Kier molecular flexibility index (Phi) is 1.58. The number of hydrogen-bond donors (Lipinski definition) is 1. The number of fused-ring (bicyclic) bond motifs is 2. The molecular formula is C11H15NO3. The molecule has 0 amide bonds. The summed E-state index contributed by atoms with van der Waals surface area (Å²) in [5.41, 5.74) is 0.00498. The first kappa shape index (κ1) is 9.48. The normalized spacial score (nSPS) is 57.2. The number of epoxide rings is 1. The fraction of sp³-hybridized carbons (Fsp3) is 0.818. The molecule has 0 bridgehead atoms. The quantitative estimate of drug-likeness (QED) is 0.405. The Morgan fingerprint density at radius 3 is 3.07 bits per heavy atom. The molecule has 3 unspecified atom stereocenters. The fourth-order valence-corrected chi connectivity index (χ4v) is 3.45. The van der Waals surface area contributed by atoms with E-state index >= 15 is 0 Å². The maximum atomic E-state index is 10.8. The lowest BCUT2D eigenvalue weighted by atomic mass is 9.65. The molecule has 0 spiro atoms. The lowest BCUT2D eigenvalue weighted by molar-refractivity contribution is -0.0130. The molecule has 0 aromatic heterocycles. The molecule has 0 aromatic carbocycles. The molecule has 82 valence electrons. The zero-order valence-electron chi connectivity index (χ0n) is 8.77. The summed E-state index contributed by atoms with van der Waals surface area (Å²) in [6, 6.07) is 0. The van der Waals surface area contributed by atoms with Crippen LogP contribution < -0.4 is 0 Å². The second-order valence-corrected chi connectivity index (χ2v) is 5.26. The summed E-state index contributed by atoms with van der Waals surface area (Å²) in [5, 5.41) is 13.2. The molecule has 3 rings (SSSR count). The first-order valence-corrected chi connectivity index (χ1v) is 5.43. The van der Waals surface area contributed by atoms with E-state index in [0.29, 0.717) is 0 Å². The van der Waals surface area contributed by atoms with Crippen molar-refractivity contribution in [2.45, 2.75) is 44.1 Å². The number of aliphatic hydroxyl groups excluding tert-OH is 1. The summed E-state index contributed by atoms with van der Waals surface area (Å²) in [4.78, 5) is 10.8. The van der Waals surface area contributed by atoms with E-state index in [-0.39, 0.29) is 17.4 Å². The lowest BCUT2D eigenvalue weighted by Crippen LogP contribution is -2.47. The highest BCUT2D eigenvalue weighted by Crippen LogP contribution is 2.63. The van der Waals surface area contributed by atoms with Gasteiger partial charge in [-0.3, -0.25) is 0 Å². The zero-order chi connectivity index (χ0) is 10.8. The van der Waals surface area contributed by atoms with Crippen LogP contribution in [-0.2, 0) is 4.74 Å². The number of aliphatic hydroxyl groups is 1. The van der Waals surface area contributed by atoms with Crippen LogP contribution in [0.25, 0.3) is 0 Å². The van der Waals surface area contributed by atoms with Gasteiger partial charge in [0.25, 0.3) is 5.72 Å². The molecular weight excluding hydrogens is 194 g/mol. The Balaban J connectivity index is 1.99. The molecule has 5 atom stereocenters. The molecule has 3 aliphatic rings. The van der Waals surface area contributed by atoms with Crippen LogP contribution in [0.2, 0.25) is 0 Å². The Morgan fingerprint density at radius 1 is 1.67 bits per heavy atom. The monoisotopic (exact) mass is 209 g/mol. The van der Waals surface area contributed by atoms with Crippen LogP contribution in [0.4, 0.5) is 0 Å². The van der Waals surface area contributed by atoms with Gasteiger partial charge in [-0.2, -0.15) is 0 Å². The van der Waals surface area contributed by atoms with Gasteiger partial charge in [-0.05, 0) is 35.8 Å². The molecule has 1 heterocycles. The van der Waals surface area contributed by atoms with Crippen molar-refractivity contribution < 1.29 is 9.84 Å². The summed E-state index contributed by atoms with van der Waals surface area (Å²) in [7, 11) is 0. The van der Waals surface area contributed by atoms with Crippen LogP contribution in [0, 0.1) is 16.2 Å². The van der Waals surface area contributed by atoms with Crippen molar-refractivity contribution in [3.63, 3.8) is 0 Å². The van der Waals surface area contributed by atoms with Gasteiger partial charge in [0.05, 0.1) is 0 Å². The topological polar surface area (TPSA) is 62.2 Å². The second-order valence-electron chi connectivity index (χ2n) is 5.26. The van der Waals surface area contributed by atoms with Gasteiger partial charge in [0, 0.05) is 0 Å². The van der Waals surface area contributed by atoms with Crippen molar-refractivity contribution >= 4 is 0 Å². The molecule has 3 fully saturated rings. The molecule has 4 heteroatoms. The summed E-state index contributed by atoms with van der Waals surface area (Å²) in [6.07, 6.45) is 1.67. The first-order chi connectivity index (χ1) is 7.04. The number of ether oxygens (including phenoxy) is 1. The van der Waals surface area contributed by atoms with Gasteiger partial charge in [-0.1, -0.05) is 19.1 Å². The summed E-state index contributed by atoms with van der Waals surface area (Å²) >= 11 is 0. The maximum absolute atomic E-state index is 10.8. The molecule has 0 aromatic rings. The Hall–Kier alpha value is -0.740. The van der Waals surface area contributed by atoms with E-state index < -0.39 is 11.8 Å². The standard InChI is InChI=1S/C11H15NO3/c1-6-3-4-7-9(13)11(12-14)8(15-11)5-10(6,7)2/h7-9,13H,1,3-5H2,2H3/t7?,8?,9-,10-,11?/m1/s1. The van der Waals surface area contributed by atoms with Gasteiger partial charge in [0.1, 0.15) is 12.2 Å². The summed E-state index contributed by atoms with van der Waals surface area (Å²) in [5.74, 6) is 0.0847.